The van der Waals surface area contributed by atoms with Crippen molar-refractivity contribution in [1.82, 2.24) is 15.0 Å². The lowest BCUT2D eigenvalue weighted by Gasteiger charge is -2.09. The highest BCUT2D eigenvalue weighted by atomic mass is 32.2. The van der Waals surface area contributed by atoms with Crippen LogP contribution < -0.4 is 19.8 Å². The Balaban J connectivity index is 1.57. The Hall–Kier alpha value is -3.72. The largest absolute Gasteiger partial charge is 0.497 e. The fourth-order valence-corrected chi connectivity index (χ4v) is 4.16. The summed E-state index contributed by atoms with van der Waals surface area (Å²) in [5.74, 6) is 3.47. The molecule has 170 valence electrons. The number of aromatic nitrogens is 3. The predicted molar refractivity (Wildman–Crippen MR) is 126 cm³/mol. The van der Waals surface area contributed by atoms with Gasteiger partial charge in [0.25, 0.3) is 5.56 Å². The number of H-pyrrole nitrogens is 1. The van der Waals surface area contributed by atoms with Crippen molar-refractivity contribution < 1.29 is 18.6 Å². The van der Waals surface area contributed by atoms with E-state index >= 15 is 0 Å². The second kappa shape index (κ2) is 9.83. The monoisotopic (exact) mass is 465 g/mol. The molecule has 0 saturated heterocycles. The van der Waals surface area contributed by atoms with E-state index in [1.165, 1.54) is 17.8 Å². The van der Waals surface area contributed by atoms with Crippen molar-refractivity contribution in [3.05, 3.63) is 70.3 Å². The Morgan fingerprint density at radius 2 is 1.79 bits per heavy atom. The summed E-state index contributed by atoms with van der Waals surface area (Å²) >= 11 is 1.37. The molecule has 0 unspecified atom stereocenters. The number of ether oxygens (including phenoxy) is 3. The average Bonchev–Trinajstić information content (AvgIpc) is 3.22. The van der Waals surface area contributed by atoms with Gasteiger partial charge in [-0.15, -0.1) is 0 Å². The molecule has 1 N–H and O–H groups in total. The summed E-state index contributed by atoms with van der Waals surface area (Å²) in [6.45, 7) is 1.85. The van der Waals surface area contributed by atoms with Gasteiger partial charge in [-0.3, -0.25) is 4.79 Å². The Bertz CT molecular complexity index is 1310. The van der Waals surface area contributed by atoms with Crippen LogP contribution >= 0.6 is 11.8 Å². The summed E-state index contributed by atoms with van der Waals surface area (Å²) < 4.78 is 22.0. The van der Waals surface area contributed by atoms with Gasteiger partial charge in [-0.2, -0.15) is 0 Å². The normalized spacial score (nSPS) is 10.8. The van der Waals surface area contributed by atoms with Crippen LogP contribution in [0.3, 0.4) is 0 Å². The Kier molecular flexibility index (Phi) is 6.69. The number of para-hydroxylation sites is 1. The van der Waals surface area contributed by atoms with Gasteiger partial charge in [0.1, 0.15) is 11.5 Å². The van der Waals surface area contributed by atoms with Gasteiger partial charge in [0.2, 0.25) is 5.89 Å². The number of methoxy groups -OCH3 is 3. The van der Waals surface area contributed by atoms with Crippen LogP contribution in [0.25, 0.3) is 22.7 Å². The molecule has 0 radical (unpaired) electrons. The van der Waals surface area contributed by atoms with Crippen LogP contribution in [0.15, 0.2) is 62.9 Å². The van der Waals surface area contributed by atoms with E-state index in [0.29, 0.717) is 45.3 Å². The van der Waals surface area contributed by atoms with E-state index in [-0.39, 0.29) is 5.56 Å². The summed E-state index contributed by atoms with van der Waals surface area (Å²) in [5.41, 5.74) is 2.63. The maximum Gasteiger partial charge on any atom is 0.252 e. The lowest BCUT2D eigenvalue weighted by atomic mass is 10.1. The average molecular weight is 466 g/mol. The fraction of sp³-hybridized carbons (Fsp3) is 0.208. The highest BCUT2D eigenvalue weighted by Gasteiger charge is 2.18. The van der Waals surface area contributed by atoms with E-state index < -0.39 is 0 Å². The Morgan fingerprint density at radius 3 is 2.48 bits per heavy atom. The standard InChI is InChI=1S/C24H23N3O5S/c1-14-19(25-23(32-14)17-6-5-7-20(30-3)22(17)31-4)13-33-24-26-18(12-21(28)27-24)15-8-10-16(29-2)11-9-15/h5-12H,13H2,1-4H3,(H,26,27,28). The molecule has 2 aromatic carbocycles. The maximum atomic E-state index is 12.2. The molecule has 0 fully saturated rings. The molecule has 2 heterocycles. The molecule has 0 saturated carbocycles. The minimum atomic E-state index is -0.225. The molecule has 4 aromatic rings. The summed E-state index contributed by atoms with van der Waals surface area (Å²) in [5, 5.41) is 0.497. The van der Waals surface area contributed by atoms with Crippen molar-refractivity contribution in [3.63, 3.8) is 0 Å². The van der Waals surface area contributed by atoms with E-state index in [1.807, 2.05) is 49.4 Å². The van der Waals surface area contributed by atoms with Crippen LogP contribution in [-0.2, 0) is 5.75 Å². The minimum absolute atomic E-state index is 0.225. The van der Waals surface area contributed by atoms with Crippen molar-refractivity contribution >= 4 is 11.8 Å². The van der Waals surface area contributed by atoms with Gasteiger partial charge < -0.3 is 23.6 Å². The zero-order chi connectivity index (χ0) is 23.4. The number of hydrogen-bond donors (Lipinski definition) is 1. The highest BCUT2D eigenvalue weighted by Crippen LogP contribution is 2.38. The lowest BCUT2D eigenvalue weighted by Crippen LogP contribution is -2.08. The zero-order valence-corrected chi connectivity index (χ0v) is 19.5. The summed E-state index contributed by atoms with van der Waals surface area (Å²) in [7, 11) is 4.76. The van der Waals surface area contributed by atoms with Crippen molar-refractivity contribution in [3.8, 4) is 40.0 Å². The number of aryl methyl sites for hydroxylation is 1. The summed E-state index contributed by atoms with van der Waals surface area (Å²) in [6, 6.07) is 14.4. The van der Waals surface area contributed by atoms with E-state index in [0.717, 1.165) is 17.0 Å². The van der Waals surface area contributed by atoms with E-state index in [2.05, 4.69) is 15.0 Å². The first-order valence-corrected chi connectivity index (χ1v) is 11.1. The maximum absolute atomic E-state index is 12.2. The molecule has 4 rings (SSSR count). The van der Waals surface area contributed by atoms with Crippen molar-refractivity contribution in [2.75, 3.05) is 21.3 Å². The van der Waals surface area contributed by atoms with Crippen LogP contribution in [0, 0.1) is 6.92 Å². The van der Waals surface area contributed by atoms with Gasteiger partial charge in [0.15, 0.2) is 16.7 Å². The van der Waals surface area contributed by atoms with Crippen LogP contribution in [-0.4, -0.2) is 36.3 Å². The van der Waals surface area contributed by atoms with Crippen molar-refractivity contribution in [2.45, 2.75) is 17.8 Å². The fourth-order valence-electron chi connectivity index (χ4n) is 3.28. The first kappa shape index (κ1) is 22.5. The topological polar surface area (TPSA) is 99.5 Å². The molecule has 0 aliphatic rings. The van der Waals surface area contributed by atoms with Gasteiger partial charge in [-0.25, -0.2) is 9.97 Å². The summed E-state index contributed by atoms with van der Waals surface area (Å²) in [4.78, 5) is 24.2. The Morgan fingerprint density at radius 1 is 1.00 bits per heavy atom. The van der Waals surface area contributed by atoms with Crippen LogP contribution in [0.1, 0.15) is 11.5 Å². The van der Waals surface area contributed by atoms with Gasteiger partial charge in [0.05, 0.1) is 38.3 Å². The highest BCUT2D eigenvalue weighted by molar-refractivity contribution is 7.98. The third kappa shape index (κ3) is 4.88. The smallest absolute Gasteiger partial charge is 0.252 e. The zero-order valence-electron chi connectivity index (χ0n) is 18.7. The first-order chi connectivity index (χ1) is 16.0. The molecule has 8 nitrogen and oxygen atoms in total. The SMILES string of the molecule is COc1ccc(-c2cc(=O)[nH]c(SCc3nc(-c4cccc(OC)c4OC)oc3C)n2)cc1. The molecule has 0 spiro atoms. The second-order valence-corrected chi connectivity index (χ2v) is 7.98. The third-order valence-electron chi connectivity index (χ3n) is 4.98. The van der Waals surface area contributed by atoms with E-state index in [4.69, 9.17) is 18.6 Å². The lowest BCUT2D eigenvalue weighted by molar-refractivity contribution is 0.355. The summed E-state index contributed by atoms with van der Waals surface area (Å²) in [6.07, 6.45) is 0. The molecule has 0 atom stereocenters. The number of oxazole rings is 1. The molecule has 9 heteroatoms. The molecule has 2 aromatic heterocycles. The molecular weight excluding hydrogens is 442 g/mol. The number of rotatable bonds is 8. The van der Waals surface area contributed by atoms with Gasteiger partial charge in [0, 0.05) is 17.4 Å². The minimum Gasteiger partial charge on any atom is -0.497 e. The van der Waals surface area contributed by atoms with Gasteiger partial charge in [-0.1, -0.05) is 17.8 Å². The molecule has 0 bridgehead atoms. The Labute approximate surface area is 195 Å². The molecule has 0 amide bonds. The number of benzene rings is 2. The molecule has 0 aliphatic carbocycles. The van der Waals surface area contributed by atoms with Crippen LogP contribution in [0.4, 0.5) is 0 Å². The number of thioether (sulfide) groups is 1. The van der Waals surface area contributed by atoms with E-state index in [1.54, 1.807) is 21.3 Å². The second-order valence-electron chi connectivity index (χ2n) is 7.02. The van der Waals surface area contributed by atoms with Crippen molar-refractivity contribution in [1.29, 1.82) is 0 Å². The number of nitrogens with zero attached hydrogens (tertiary/aromatic N) is 2. The third-order valence-corrected chi connectivity index (χ3v) is 5.86. The quantitative estimate of drug-likeness (QED) is 0.295. The predicted octanol–water partition coefficient (Wildman–Crippen LogP) is 4.72. The number of aromatic amines is 1. The number of nitrogens with one attached hydrogen (secondary N) is 1. The van der Waals surface area contributed by atoms with E-state index in [9.17, 15) is 4.79 Å². The molecule has 33 heavy (non-hydrogen) atoms. The molecule has 0 aliphatic heterocycles. The van der Waals surface area contributed by atoms with Gasteiger partial charge >= 0.3 is 0 Å². The van der Waals surface area contributed by atoms with Gasteiger partial charge in [-0.05, 0) is 43.3 Å². The van der Waals surface area contributed by atoms with Crippen LogP contribution in [0.2, 0.25) is 0 Å². The number of hydrogen-bond acceptors (Lipinski definition) is 8. The first-order valence-electron chi connectivity index (χ1n) is 10.1. The van der Waals surface area contributed by atoms with Crippen LogP contribution in [0.5, 0.6) is 17.2 Å². The van der Waals surface area contributed by atoms with Crippen molar-refractivity contribution in [2.24, 2.45) is 0 Å². The molecular formula is C24H23N3O5S.